The Labute approximate surface area is 220 Å². The summed E-state index contributed by atoms with van der Waals surface area (Å²) in [6.07, 6.45) is 2.20. The number of nitrogens with zero attached hydrogens (tertiary/aromatic N) is 1. The van der Waals surface area contributed by atoms with Gasteiger partial charge in [0, 0.05) is 46.8 Å². The number of ether oxygens (including phenoxy) is 3. The van der Waals surface area contributed by atoms with Crippen molar-refractivity contribution in [2.45, 2.75) is 66.0 Å². The zero-order chi connectivity index (χ0) is 27.4. The molecule has 1 aromatic carbocycles. The molecule has 0 unspecified atom stereocenters. The summed E-state index contributed by atoms with van der Waals surface area (Å²) in [6, 6.07) is 5.16. The highest BCUT2D eigenvalue weighted by Gasteiger charge is 2.27. The van der Waals surface area contributed by atoms with Crippen LogP contribution in [0.15, 0.2) is 29.8 Å². The fourth-order valence-corrected chi connectivity index (χ4v) is 4.70. The number of H-pyrrole nitrogens is 1. The van der Waals surface area contributed by atoms with Crippen molar-refractivity contribution < 1.29 is 28.6 Å². The van der Waals surface area contributed by atoms with Crippen LogP contribution in [0.4, 0.5) is 4.79 Å². The number of thiazole rings is 1. The monoisotopic (exact) mass is 529 g/mol. The first-order chi connectivity index (χ1) is 17.3. The Hall–Kier alpha value is -3.40. The fourth-order valence-electron chi connectivity index (χ4n) is 3.84. The van der Waals surface area contributed by atoms with Crippen molar-refractivity contribution in [1.29, 1.82) is 0 Å². The van der Waals surface area contributed by atoms with Crippen LogP contribution < -0.4 is 5.32 Å². The summed E-state index contributed by atoms with van der Waals surface area (Å²) in [4.78, 5) is 43.8. The number of esters is 2. The minimum Gasteiger partial charge on any atom is -0.467 e. The first kappa shape index (κ1) is 28.2. The number of aromatic nitrogens is 2. The molecule has 0 aliphatic rings. The van der Waals surface area contributed by atoms with Crippen LogP contribution in [0, 0.1) is 5.41 Å². The topological polar surface area (TPSA) is 120 Å². The van der Waals surface area contributed by atoms with Crippen molar-refractivity contribution in [3.05, 3.63) is 40.3 Å². The number of alkyl carbamates (subject to hydrolysis) is 1. The number of benzene rings is 1. The van der Waals surface area contributed by atoms with E-state index in [0.717, 1.165) is 34.1 Å². The summed E-state index contributed by atoms with van der Waals surface area (Å²) < 4.78 is 15.4. The Morgan fingerprint density at radius 1 is 1.16 bits per heavy atom. The lowest BCUT2D eigenvalue weighted by Crippen LogP contribution is -2.45. The highest BCUT2D eigenvalue weighted by atomic mass is 32.1. The number of carbonyl (C=O) groups is 3. The van der Waals surface area contributed by atoms with Gasteiger partial charge in [0.2, 0.25) is 0 Å². The van der Waals surface area contributed by atoms with E-state index in [-0.39, 0.29) is 17.8 Å². The van der Waals surface area contributed by atoms with Crippen LogP contribution in [0.25, 0.3) is 22.2 Å². The van der Waals surface area contributed by atoms with Crippen molar-refractivity contribution in [2.75, 3.05) is 13.7 Å². The minimum absolute atomic E-state index is 0.179. The molecular weight excluding hydrogens is 494 g/mol. The molecule has 1 amide bonds. The molecule has 3 rings (SSSR count). The second-order valence-corrected chi connectivity index (χ2v) is 11.7. The van der Waals surface area contributed by atoms with Gasteiger partial charge in [-0.2, -0.15) is 0 Å². The van der Waals surface area contributed by atoms with Gasteiger partial charge >= 0.3 is 18.0 Å². The molecule has 3 aromatic rings. The van der Waals surface area contributed by atoms with Gasteiger partial charge < -0.3 is 24.5 Å². The van der Waals surface area contributed by atoms with Crippen LogP contribution >= 0.6 is 11.3 Å². The number of nitrogens with one attached hydrogen (secondary N) is 2. The van der Waals surface area contributed by atoms with Crippen LogP contribution in [-0.2, 0) is 36.6 Å². The quantitative estimate of drug-likeness (QED) is 0.295. The largest absolute Gasteiger partial charge is 0.467 e. The second-order valence-electron chi connectivity index (χ2n) is 10.7. The summed E-state index contributed by atoms with van der Waals surface area (Å²) in [5.41, 5.74) is 2.91. The van der Waals surface area contributed by atoms with E-state index >= 15 is 0 Å². The Kier molecular flexibility index (Phi) is 8.63. The molecule has 200 valence electrons. The van der Waals surface area contributed by atoms with E-state index in [0.29, 0.717) is 11.6 Å². The predicted molar refractivity (Wildman–Crippen MR) is 142 cm³/mol. The summed E-state index contributed by atoms with van der Waals surface area (Å²) >= 11 is 1.40. The van der Waals surface area contributed by atoms with Gasteiger partial charge in [-0.05, 0) is 44.9 Å². The van der Waals surface area contributed by atoms with Crippen molar-refractivity contribution >= 4 is 40.3 Å². The maximum atomic E-state index is 12.3. The molecule has 0 saturated heterocycles. The van der Waals surface area contributed by atoms with E-state index in [1.807, 2.05) is 23.7 Å². The molecule has 2 N–H and O–H groups in total. The molecule has 0 aliphatic carbocycles. The molecule has 9 nitrogen and oxygen atoms in total. The first-order valence-electron chi connectivity index (χ1n) is 12.0. The summed E-state index contributed by atoms with van der Waals surface area (Å²) in [7, 11) is 1.27. The maximum absolute atomic E-state index is 12.3. The molecule has 37 heavy (non-hydrogen) atoms. The third-order valence-electron chi connectivity index (χ3n) is 5.51. The number of hydrogen-bond donors (Lipinski definition) is 2. The number of aromatic amines is 1. The number of fused-ring (bicyclic) bond motifs is 1. The lowest BCUT2D eigenvalue weighted by Gasteiger charge is -2.23. The molecule has 0 radical (unpaired) electrons. The van der Waals surface area contributed by atoms with Crippen LogP contribution in [0.3, 0.4) is 0 Å². The smallest absolute Gasteiger partial charge is 0.408 e. The molecule has 0 saturated carbocycles. The van der Waals surface area contributed by atoms with Gasteiger partial charge in [0.05, 0.1) is 24.4 Å². The number of methoxy groups -OCH3 is 1. The van der Waals surface area contributed by atoms with Crippen LogP contribution in [-0.4, -0.2) is 53.4 Å². The highest BCUT2D eigenvalue weighted by molar-refractivity contribution is 7.10. The molecule has 0 fully saturated rings. The van der Waals surface area contributed by atoms with E-state index in [4.69, 9.17) is 19.2 Å². The number of amides is 1. The van der Waals surface area contributed by atoms with E-state index in [2.05, 4.69) is 30.2 Å². The second kappa shape index (κ2) is 11.3. The molecule has 1 atom stereocenters. The van der Waals surface area contributed by atoms with Crippen LogP contribution in [0.1, 0.15) is 52.1 Å². The van der Waals surface area contributed by atoms with Crippen molar-refractivity contribution in [1.82, 2.24) is 15.3 Å². The Bertz CT molecular complexity index is 1270. The first-order valence-corrected chi connectivity index (χ1v) is 12.9. The minimum atomic E-state index is -0.919. The average molecular weight is 530 g/mol. The molecule has 2 aromatic heterocycles. The SMILES string of the molecule is COC(=O)[C@H](Cc1nc(-c2ccc3[nH]cc(CC(C)(C)COC(C)=O)c3c2)cs1)NC(=O)OC(C)(C)C. The van der Waals surface area contributed by atoms with Gasteiger partial charge in [-0.3, -0.25) is 4.79 Å². The Morgan fingerprint density at radius 3 is 2.54 bits per heavy atom. The Balaban J connectivity index is 1.78. The van der Waals surface area contributed by atoms with Gasteiger partial charge in [0.15, 0.2) is 0 Å². The zero-order valence-corrected chi connectivity index (χ0v) is 23.2. The van der Waals surface area contributed by atoms with E-state index in [1.165, 1.54) is 25.4 Å². The lowest BCUT2D eigenvalue weighted by atomic mass is 9.86. The normalized spacial score (nSPS) is 12.7. The van der Waals surface area contributed by atoms with E-state index in [1.54, 1.807) is 20.8 Å². The standard InChI is InChI=1S/C27H35N3O6S/c1-16(31)35-15-27(5,6)12-18-13-28-20-9-8-17(10-19(18)20)22-14-37-23(29-22)11-21(24(32)34-7)30-25(33)36-26(2,3)4/h8-10,13-14,21,28H,11-12,15H2,1-7H3,(H,30,33)/t21-/m0/s1. The van der Waals surface area contributed by atoms with Crippen LogP contribution in [0.5, 0.6) is 0 Å². The van der Waals surface area contributed by atoms with E-state index < -0.39 is 23.7 Å². The maximum Gasteiger partial charge on any atom is 0.408 e. The zero-order valence-electron chi connectivity index (χ0n) is 22.4. The van der Waals surface area contributed by atoms with Gasteiger partial charge in [0.1, 0.15) is 11.6 Å². The third-order valence-corrected chi connectivity index (χ3v) is 6.38. The van der Waals surface area contributed by atoms with Crippen molar-refractivity contribution in [2.24, 2.45) is 5.41 Å². The molecule has 10 heteroatoms. The summed E-state index contributed by atoms with van der Waals surface area (Å²) in [5, 5.41) is 6.26. The van der Waals surface area contributed by atoms with Crippen molar-refractivity contribution in [3.8, 4) is 11.3 Å². The van der Waals surface area contributed by atoms with Gasteiger partial charge in [-0.1, -0.05) is 19.9 Å². The number of rotatable bonds is 9. The highest BCUT2D eigenvalue weighted by Crippen LogP contribution is 2.31. The summed E-state index contributed by atoms with van der Waals surface area (Å²) in [5.74, 6) is -0.860. The van der Waals surface area contributed by atoms with Gasteiger partial charge in [0.25, 0.3) is 0 Å². The van der Waals surface area contributed by atoms with Gasteiger partial charge in [-0.25, -0.2) is 14.6 Å². The number of hydrogen-bond acceptors (Lipinski definition) is 8. The third kappa shape index (κ3) is 8.04. The lowest BCUT2D eigenvalue weighted by molar-refractivity contribution is -0.144. The Morgan fingerprint density at radius 2 is 1.89 bits per heavy atom. The molecular formula is C27H35N3O6S. The predicted octanol–water partition coefficient (Wildman–Crippen LogP) is 5.03. The molecule has 0 aliphatic heterocycles. The van der Waals surface area contributed by atoms with E-state index in [9.17, 15) is 14.4 Å². The molecule has 2 heterocycles. The van der Waals surface area contributed by atoms with Crippen molar-refractivity contribution in [3.63, 3.8) is 0 Å². The number of carbonyl (C=O) groups excluding carboxylic acids is 3. The molecule has 0 bridgehead atoms. The van der Waals surface area contributed by atoms with Gasteiger partial charge in [-0.15, -0.1) is 11.3 Å². The van der Waals surface area contributed by atoms with Crippen LogP contribution in [0.2, 0.25) is 0 Å². The summed E-state index contributed by atoms with van der Waals surface area (Å²) in [6.45, 7) is 11.1. The average Bonchev–Trinajstić information content (AvgIpc) is 3.42. The molecule has 0 spiro atoms. The fraction of sp³-hybridized carbons (Fsp3) is 0.481.